The minimum atomic E-state index is -0.835. The van der Waals surface area contributed by atoms with Crippen LogP contribution in [0.25, 0.3) is 0 Å². The van der Waals surface area contributed by atoms with E-state index in [1.807, 2.05) is 47.4 Å². The third-order valence-electron chi connectivity index (χ3n) is 9.32. The maximum atomic E-state index is 14.0. The molecule has 3 aliphatic heterocycles. The zero-order valence-corrected chi connectivity index (χ0v) is 28.8. The van der Waals surface area contributed by atoms with Crippen molar-refractivity contribution in [3.05, 3.63) is 92.6 Å². The number of nitrogens with one attached hydrogen (secondary N) is 2. The van der Waals surface area contributed by atoms with Crippen LogP contribution in [-0.4, -0.2) is 86.9 Å². The summed E-state index contributed by atoms with van der Waals surface area (Å²) in [5.74, 6) is -0.0448. The Morgan fingerprint density at radius 1 is 0.894 bits per heavy atom. The van der Waals surface area contributed by atoms with Gasteiger partial charge in [0.1, 0.15) is 17.8 Å². The maximum Gasteiger partial charge on any atom is 0.325 e. The van der Waals surface area contributed by atoms with Crippen LogP contribution in [0.15, 0.2) is 75.9 Å². The summed E-state index contributed by atoms with van der Waals surface area (Å²) in [6.45, 7) is 1.81. The summed E-state index contributed by atoms with van der Waals surface area (Å²) in [6.07, 6.45) is 6.30. The van der Waals surface area contributed by atoms with E-state index in [9.17, 15) is 24.3 Å². The van der Waals surface area contributed by atoms with Gasteiger partial charge in [0.25, 0.3) is 5.91 Å². The average molecular weight is 769 g/mol. The predicted molar refractivity (Wildman–Crippen MR) is 181 cm³/mol. The molecular weight excluding hydrogens is 732 g/mol. The topological polar surface area (TPSA) is 135 Å². The standard InChI is InChI=1S/C34H36Br2N6O5/c35-26-18-21(19-27(36)30(26)43)20-28(31(44)40-14-8-23(9-15-40)22-6-12-37-13-7-22)38-33(46)41-16-10-25(11-17-41)42-32(45)29(39-34(42)47)24-4-2-1-3-5-24/h1-7,12-13,18-19,23,25,28-29,43H,8-11,14-17,20H2,(H,38,46)(H,39,47)/t28-,29?/m1/s1. The molecule has 0 bridgehead atoms. The number of benzene rings is 2. The minimum Gasteiger partial charge on any atom is -0.506 e. The molecule has 246 valence electrons. The molecule has 4 heterocycles. The Morgan fingerprint density at radius 3 is 2.15 bits per heavy atom. The zero-order chi connectivity index (χ0) is 33.1. The van der Waals surface area contributed by atoms with Gasteiger partial charge in [0.2, 0.25) is 5.91 Å². The lowest BCUT2D eigenvalue weighted by Crippen LogP contribution is -2.56. The first-order chi connectivity index (χ1) is 22.7. The Balaban J connectivity index is 1.11. The Hall–Kier alpha value is -3.97. The number of rotatable bonds is 7. The first-order valence-corrected chi connectivity index (χ1v) is 17.4. The van der Waals surface area contributed by atoms with Crippen molar-refractivity contribution in [3.63, 3.8) is 0 Å². The fourth-order valence-corrected chi connectivity index (χ4v) is 8.02. The molecule has 0 aliphatic carbocycles. The number of aromatic hydroxyl groups is 1. The number of likely N-dealkylation sites (tertiary alicyclic amines) is 2. The molecule has 3 aliphatic rings. The third kappa shape index (κ3) is 7.30. The van der Waals surface area contributed by atoms with Crippen LogP contribution in [-0.2, 0) is 16.0 Å². The molecule has 0 saturated carbocycles. The fraction of sp³-hybridized carbons (Fsp3) is 0.382. The molecule has 47 heavy (non-hydrogen) atoms. The van der Waals surface area contributed by atoms with Crippen molar-refractivity contribution in [2.75, 3.05) is 26.2 Å². The van der Waals surface area contributed by atoms with Gasteiger partial charge in [0.05, 0.1) is 8.95 Å². The highest BCUT2D eigenvalue weighted by atomic mass is 79.9. The van der Waals surface area contributed by atoms with Gasteiger partial charge in [-0.1, -0.05) is 30.3 Å². The molecule has 6 rings (SSSR count). The van der Waals surface area contributed by atoms with E-state index in [1.165, 1.54) is 10.5 Å². The van der Waals surface area contributed by atoms with Crippen LogP contribution < -0.4 is 10.6 Å². The molecule has 3 aromatic rings. The smallest absolute Gasteiger partial charge is 0.325 e. The first-order valence-electron chi connectivity index (χ1n) is 15.8. The number of halogens is 2. The number of nitrogens with zero attached hydrogens (tertiary/aromatic N) is 4. The van der Waals surface area contributed by atoms with Gasteiger partial charge in [-0.3, -0.25) is 19.5 Å². The van der Waals surface area contributed by atoms with E-state index in [0.717, 1.165) is 24.0 Å². The van der Waals surface area contributed by atoms with Crippen LogP contribution in [0, 0.1) is 0 Å². The van der Waals surface area contributed by atoms with Crippen molar-refractivity contribution in [1.82, 2.24) is 30.3 Å². The molecule has 2 atom stereocenters. The molecule has 1 aromatic heterocycles. The van der Waals surface area contributed by atoms with Gasteiger partial charge in [-0.05, 0) is 104 Å². The second kappa shape index (κ2) is 14.4. The molecule has 0 spiro atoms. The Bertz CT molecular complexity index is 1610. The molecular formula is C34H36Br2N6O5. The highest BCUT2D eigenvalue weighted by Gasteiger charge is 2.44. The van der Waals surface area contributed by atoms with Crippen molar-refractivity contribution in [2.24, 2.45) is 0 Å². The highest BCUT2D eigenvalue weighted by molar-refractivity contribution is 9.11. The fourth-order valence-electron chi connectivity index (χ4n) is 6.74. The largest absolute Gasteiger partial charge is 0.506 e. The Morgan fingerprint density at radius 2 is 1.51 bits per heavy atom. The lowest BCUT2D eigenvalue weighted by molar-refractivity contribution is -0.134. The van der Waals surface area contributed by atoms with Gasteiger partial charge in [-0.15, -0.1) is 0 Å². The number of pyridine rings is 1. The molecule has 13 heteroatoms. The molecule has 3 fully saturated rings. The minimum absolute atomic E-state index is 0.0574. The van der Waals surface area contributed by atoms with Crippen molar-refractivity contribution < 1.29 is 24.3 Å². The van der Waals surface area contributed by atoms with Crippen molar-refractivity contribution in [1.29, 1.82) is 0 Å². The summed E-state index contributed by atoms with van der Waals surface area (Å²) < 4.78 is 0.962. The van der Waals surface area contributed by atoms with Crippen LogP contribution in [0.5, 0.6) is 5.75 Å². The van der Waals surface area contributed by atoms with Gasteiger partial charge in [-0.2, -0.15) is 0 Å². The lowest BCUT2D eigenvalue weighted by Gasteiger charge is -2.37. The van der Waals surface area contributed by atoms with Crippen LogP contribution in [0.2, 0.25) is 0 Å². The zero-order valence-electron chi connectivity index (χ0n) is 25.6. The predicted octanol–water partition coefficient (Wildman–Crippen LogP) is 5.10. The number of carbonyl (C=O) groups is 4. The molecule has 2 aromatic carbocycles. The molecule has 6 amide bonds. The normalized spacial score (nSPS) is 19.9. The van der Waals surface area contributed by atoms with Gasteiger partial charge < -0.3 is 25.5 Å². The van der Waals surface area contributed by atoms with E-state index >= 15 is 0 Å². The molecule has 11 nitrogen and oxygen atoms in total. The number of hydrogen-bond donors (Lipinski definition) is 3. The lowest BCUT2D eigenvalue weighted by atomic mass is 9.89. The Labute approximate surface area is 290 Å². The number of aromatic nitrogens is 1. The number of phenolic OH excluding ortho intramolecular Hbond substituents is 1. The van der Waals surface area contributed by atoms with Gasteiger partial charge in [0, 0.05) is 51.0 Å². The number of imide groups is 1. The average Bonchev–Trinajstić information content (AvgIpc) is 3.40. The van der Waals surface area contributed by atoms with Crippen LogP contribution in [0.1, 0.15) is 54.3 Å². The second-order valence-corrected chi connectivity index (χ2v) is 13.9. The molecule has 3 saturated heterocycles. The van der Waals surface area contributed by atoms with E-state index < -0.39 is 18.1 Å². The van der Waals surface area contributed by atoms with Crippen LogP contribution in [0.4, 0.5) is 9.59 Å². The van der Waals surface area contributed by atoms with E-state index in [-0.39, 0.29) is 36.1 Å². The number of hydrogen-bond acceptors (Lipinski definition) is 6. The summed E-state index contributed by atoms with van der Waals surface area (Å²) >= 11 is 6.74. The molecule has 1 unspecified atom stereocenters. The number of carbonyl (C=O) groups excluding carboxylic acids is 4. The first kappa shape index (κ1) is 33.0. The number of amides is 6. The van der Waals surface area contributed by atoms with Gasteiger partial charge in [-0.25, -0.2) is 9.59 Å². The van der Waals surface area contributed by atoms with Crippen molar-refractivity contribution in [2.45, 2.75) is 56.1 Å². The summed E-state index contributed by atoms with van der Waals surface area (Å²) in [6, 6.07) is 14.0. The monoisotopic (exact) mass is 766 g/mol. The quantitative estimate of drug-likeness (QED) is 0.287. The van der Waals surface area contributed by atoms with Crippen LogP contribution in [0.3, 0.4) is 0 Å². The molecule has 0 radical (unpaired) electrons. The van der Waals surface area contributed by atoms with Crippen molar-refractivity contribution >= 4 is 55.7 Å². The van der Waals surface area contributed by atoms with Crippen LogP contribution >= 0.6 is 31.9 Å². The van der Waals surface area contributed by atoms with E-state index in [4.69, 9.17) is 0 Å². The third-order valence-corrected chi connectivity index (χ3v) is 10.5. The summed E-state index contributed by atoms with van der Waals surface area (Å²) in [5, 5.41) is 16.0. The summed E-state index contributed by atoms with van der Waals surface area (Å²) in [4.78, 5) is 62.5. The van der Waals surface area contributed by atoms with Crippen molar-refractivity contribution in [3.8, 4) is 5.75 Å². The molecule has 3 N–H and O–H groups in total. The Kier molecular flexibility index (Phi) is 10.1. The summed E-state index contributed by atoms with van der Waals surface area (Å²) in [5.41, 5.74) is 2.70. The number of piperidine rings is 2. The van der Waals surface area contributed by atoms with E-state index in [1.54, 1.807) is 29.4 Å². The van der Waals surface area contributed by atoms with Gasteiger partial charge in [0.15, 0.2) is 0 Å². The van der Waals surface area contributed by atoms with E-state index in [2.05, 4.69) is 47.5 Å². The van der Waals surface area contributed by atoms with Gasteiger partial charge >= 0.3 is 12.1 Å². The maximum absolute atomic E-state index is 14.0. The summed E-state index contributed by atoms with van der Waals surface area (Å²) in [7, 11) is 0. The SMILES string of the molecule is O=C(N[C@H](Cc1cc(Br)c(O)c(Br)c1)C(=O)N1CCC(c2ccncc2)CC1)N1CCC(N2C(=O)NC(c3ccccc3)C2=O)CC1. The second-order valence-electron chi connectivity index (χ2n) is 12.2. The number of phenols is 1. The number of urea groups is 2. The van der Waals surface area contributed by atoms with E-state index in [0.29, 0.717) is 53.9 Å². The highest BCUT2D eigenvalue weighted by Crippen LogP contribution is 2.34.